The molecule has 188 valence electrons. The number of unbranched alkanes of at least 4 members (excludes halogenated alkanes) is 1. The molecule has 1 aliphatic rings. The number of hydrogen-bond acceptors (Lipinski definition) is 7. The van der Waals surface area contributed by atoms with E-state index >= 15 is 0 Å². The fourth-order valence-electron chi connectivity index (χ4n) is 2.91. The minimum atomic E-state index is -5.08. The van der Waals surface area contributed by atoms with Crippen molar-refractivity contribution in [1.82, 2.24) is 5.32 Å². The Hall–Kier alpha value is -1.85. The highest BCUT2D eigenvalue weighted by molar-refractivity contribution is 5.73. The van der Waals surface area contributed by atoms with Gasteiger partial charge in [0.1, 0.15) is 12.6 Å². The number of ether oxygens (including phenoxy) is 4. The van der Waals surface area contributed by atoms with Gasteiger partial charge in [0, 0.05) is 32.4 Å². The lowest BCUT2D eigenvalue weighted by Crippen LogP contribution is -2.35. The van der Waals surface area contributed by atoms with Crippen LogP contribution in [0.3, 0.4) is 0 Å². The van der Waals surface area contributed by atoms with Gasteiger partial charge < -0.3 is 29.4 Å². The van der Waals surface area contributed by atoms with E-state index < -0.39 is 12.1 Å². The van der Waals surface area contributed by atoms with E-state index in [1.165, 1.54) is 0 Å². The van der Waals surface area contributed by atoms with Gasteiger partial charge in [0.15, 0.2) is 0 Å². The average molecular weight is 472 g/mol. The highest BCUT2D eigenvalue weighted by atomic mass is 19.4. The van der Waals surface area contributed by atoms with Crippen LogP contribution in [0.25, 0.3) is 0 Å². The van der Waals surface area contributed by atoms with Gasteiger partial charge in [0.05, 0.1) is 18.8 Å². The molecule has 0 saturated carbocycles. The Bertz CT molecular complexity index is 552. The van der Waals surface area contributed by atoms with Gasteiger partial charge in [-0.2, -0.15) is 13.2 Å². The number of esters is 1. The highest BCUT2D eigenvalue weighted by Crippen LogP contribution is 2.17. The van der Waals surface area contributed by atoms with Crippen LogP contribution >= 0.6 is 0 Å². The summed E-state index contributed by atoms with van der Waals surface area (Å²) in [6.07, 6.45) is 0.338. The number of carbonyl (C=O) groups excluding carboxylic acids is 1. The average Bonchev–Trinajstić information content (AvgIpc) is 2.74. The summed E-state index contributed by atoms with van der Waals surface area (Å²) in [5.74, 6) is -3.04. The highest BCUT2D eigenvalue weighted by Gasteiger charge is 2.38. The van der Waals surface area contributed by atoms with Crippen molar-refractivity contribution >= 4 is 11.9 Å². The number of alkyl halides is 3. The van der Waals surface area contributed by atoms with Crippen molar-refractivity contribution in [3.05, 3.63) is 12.3 Å². The van der Waals surface area contributed by atoms with Gasteiger partial charge in [0.25, 0.3) is 0 Å². The molecular formula is C21H36F3NO7. The normalized spacial score (nSPS) is 18.0. The van der Waals surface area contributed by atoms with Crippen LogP contribution < -0.4 is 5.32 Å². The molecule has 0 aromatic rings. The molecule has 1 saturated heterocycles. The van der Waals surface area contributed by atoms with Crippen molar-refractivity contribution in [2.75, 3.05) is 33.5 Å². The molecule has 1 aliphatic heterocycles. The van der Waals surface area contributed by atoms with Gasteiger partial charge in [-0.3, -0.25) is 4.79 Å². The molecule has 1 heterocycles. The summed E-state index contributed by atoms with van der Waals surface area (Å²) in [6.45, 7) is 10.2. The lowest BCUT2D eigenvalue weighted by Gasteiger charge is -2.27. The molecule has 11 heteroatoms. The van der Waals surface area contributed by atoms with Crippen molar-refractivity contribution in [1.29, 1.82) is 0 Å². The molecule has 32 heavy (non-hydrogen) atoms. The first-order chi connectivity index (χ1) is 15.0. The second-order valence-electron chi connectivity index (χ2n) is 7.20. The van der Waals surface area contributed by atoms with E-state index in [0.717, 1.165) is 44.4 Å². The third kappa shape index (κ3) is 14.3. The van der Waals surface area contributed by atoms with E-state index in [-0.39, 0.29) is 30.8 Å². The molecule has 0 bridgehead atoms. The summed E-state index contributed by atoms with van der Waals surface area (Å²) in [5, 5.41) is 10.2. The summed E-state index contributed by atoms with van der Waals surface area (Å²) in [5.41, 5.74) is 0.755. The third-order valence-electron chi connectivity index (χ3n) is 4.53. The van der Waals surface area contributed by atoms with Crippen LogP contribution in [0.5, 0.6) is 0 Å². The van der Waals surface area contributed by atoms with Gasteiger partial charge in [-0.25, -0.2) is 4.79 Å². The minimum absolute atomic E-state index is 0.0415. The molecule has 0 aromatic heterocycles. The number of aliphatic carboxylic acids is 1. The van der Waals surface area contributed by atoms with Crippen LogP contribution in [0.2, 0.25) is 0 Å². The van der Waals surface area contributed by atoms with Crippen LogP contribution in [-0.4, -0.2) is 75.0 Å². The summed E-state index contributed by atoms with van der Waals surface area (Å²) >= 11 is 0. The maximum atomic E-state index is 11.9. The third-order valence-corrected chi connectivity index (χ3v) is 4.53. The minimum Gasteiger partial charge on any atom is -0.475 e. The first-order valence-electron chi connectivity index (χ1n) is 10.7. The lowest BCUT2D eigenvalue weighted by molar-refractivity contribution is -0.192. The Morgan fingerprint density at radius 1 is 1.28 bits per heavy atom. The van der Waals surface area contributed by atoms with Crippen molar-refractivity contribution in [2.24, 2.45) is 0 Å². The van der Waals surface area contributed by atoms with Crippen LogP contribution in [0.1, 0.15) is 52.4 Å². The number of rotatable bonds is 13. The predicted octanol–water partition coefficient (Wildman–Crippen LogP) is 3.45. The second-order valence-corrected chi connectivity index (χ2v) is 7.20. The van der Waals surface area contributed by atoms with Crippen LogP contribution in [0.4, 0.5) is 13.2 Å². The van der Waals surface area contributed by atoms with Crippen LogP contribution in [0, 0.1) is 0 Å². The maximum Gasteiger partial charge on any atom is 0.490 e. The Balaban J connectivity index is 0.00000118. The molecule has 0 radical (unpaired) electrons. The molecule has 1 rings (SSSR count). The van der Waals surface area contributed by atoms with Crippen molar-refractivity contribution in [2.45, 2.75) is 76.9 Å². The SMILES string of the molecule is C=C(C[C@H](OC)[C@@H](CCCC)OCC)NCC(=O)O[C@@H]1CCCOC1.O=C(O)C(F)(F)F. The van der Waals surface area contributed by atoms with E-state index in [1.54, 1.807) is 7.11 Å². The van der Waals surface area contributed by atoms with Gasteiger partial charge in [-0.05, 0) is 26.2 Å². The summed E-state index contributed by atoms with van der Waals surface area (Å²) in [7, 11) is 1.69. The fraction of sp³-hybridized carbons (Fsp3) is 0.810. The molecule has 0 unspecified atom stereocenters. The number of carboxylic acids is 1. The predicted molar refractivity (Wildman–Crippen MR) is 111 cm³/mol. The van der Waals surface area contributed by atoms with E-state index in [9.17, 15) is 18.0 Å². The summed E-state index contributed by atoms with van der Waals surface area (Å²) in [6, 6.07) is 0. The molecule has 8 nitrogen and oxygen atoms in total. The maximum absolute atomic E-state index is 11.9. The van der Waals surface area contributed by atoms with Crippen molar-refractivity contribution in [3.8, 4) is 0 Å². The second kappa shape index (κ2) is 16.7. The quantitative estimate of drug-likeness (QED) is 0.394. The first kappa shape index (κ1) is 30.1. The smallest absolute Gasteiger partial charge is 0.475 e. The largest absolute Gasteiger partial charge is 0.490 e. The molecule has 0 amide bonds. The lowest BCUT2D eigenvalue weighted by atomic mass is 10.0. The summed E-state index contributed by atoms with van der Waals surface area (Å²) < 4.78 is 53.9. The van der Waals surface area contributed by atoms with Crippen molar-refractivity contribution in [3.63, 3.8) is 0 Å². The zero-order valence-corrected chi connectivity index (χ0v) is 19.0. The molecule has 2 N–H and O–H groups in total. The van der Waals surface area contributed by atoms with E-state index in [1.807, 2.05) is 6.92 Å². The zero-order chi connectivity index (χ0) is 24.6. The van der Waals surface area contributed by atoms with Crippen LogP contribution in [-0.2, 0) is 28.5 Å². The van der Waals surface area contributed by atoms with Gasteiger partial charge in [0.2, 0.25) is 0 Å². The summed E-state index contributed by atoms with van der Waals surface area (Å²) in [4.78, 5) is 20.8. The fourth-order valence-corrected chi connectivity index (χ4v) is 2.91. The number of nitrogens with one attached hydrogen (secondary N) is 1. The molecule has 0 spiro atoms. The monoisotopic (exact) mass is 471 g/mol. The number of carbonyl (C=O) groups is 2. The Morgan fingerprint density at radius 2 is 1.94 bits per heavy atom. The van der Waals surface area contributed by atoms with E-state index in [4.69, 9.17) is 28.8 Å². The molecule has 0 aliphatic carbocycles. The standard InChI is InChI=1S/C19H35NO5.C2HF3O2/c1-5-7-10-17(24-6-2)18(22-4)12-15(3)20-13-19(21)25-16-9-8-11-23-14-16;3-2(4,5)1(6)7/h16-18,20H,3,5-14H2,1-2,4H3;(H,6,7)/t16-,17-,18+;/m1./s1. The Kier molecular flexibility index (Phi) is 15.8. The molecule has 3 atom stereocenters. The topological polar surface area (TPSA) is 103 Å². The van der Waals surface area contributed by atoms with E-state index in [2.05, 4.69) is 18.8 Å². The zero-order valence-electron chi connectivity index (χ0n) is 19.0. The molecular weight excluding hydrogens is 435 g/mol. The van der Waals surface area contributed by atoms with Crippen LogP contribution in [0.15, 0.2) is 12.3 Å². The Morgan fingerprint density at radius 3 is 2.41 bits per heavy atom. The number of hydrogen-bond donors (Lipinski definition) is 2. The molecule has 1 fully saturated rings. The van der Waals surface area contributed by atoms with Crippen molar-refractivity contribution < 1.29 is 46.8 Å². The number of carboxylic acid groups (broad SMARTS) is 1. The van der Waals surface area contributed by atoms with Gasteiger partial charge in [-0.1, -0.05) is 26.3 Å². The number of halogens is 3. The Labute approximate surface area is 187 Å². The van der Waals surface area contributed by atoms with Gasteiger partial charge in [-0.15, -0.1) is 0 Å². The first-order valence-corrected chi connectivity index (χ1v) is 10.7. The van der Waals surface area contributed by atoms with Gasteiger partial charge >= 0.3 is 18.1 Å². The van der Waals surface area contributed by atoms with E-state index in [0.29, 0.717) is 19.6 Å². The number of methoxy groups -OCH3 is 1. The molecule has 0 aromatic carbocycles.